The van der Waals surface area contributed by atoms with Crippen LogP contribution < -0.4 is 4.74 Å². The van der Waals surface area contributed by atoms with E-state index in [9.17, 15) is 4.79 Å². The van der Waals surface area contributed by atoms with E-state index >= 15 is 0 Å². The molecule has 0 aliphatic heterocycles. The quantitative estimate of drug-likeness (QED) is 0.657. The number of carbonyl (C=O) groups excluding carboxylic acids is 1. The monoisotopic (exact) mass is 368 g/mol. The number of ether oxygens (including phenoxy) is 1. The first-order valence-corrected chi connectivity index (χ1v) is 10.3. The maximum Gasteiger partial charge on any atom is 0.223 e. The number of hydrogen-bond acceptors (Lipinski definition) is 2. The van der Waals surface area contributed by atoms with Crippen molar-refractivity contribution in [2.24, 2.45) is 0 Å². The van der Waals surface area contributed by atoms with Gasteiger partial charge in [-0.15, -0.1) is 0 Å². The highest BCUT2D eigenvalue weighted by atomic mass is 16.5. The zero-order valence-electron chi connectivity index (χ0n) is 16.7. The predicted octanol–water partition coefficient (Wildman–Crippen LogP) is 5.01. The van der Waals surface area contributed by atoms with Crippen LogP contribution in [0.4, 0.5) is 0 Å². The molecule has 4 nitrogen and oxygen atoms in total. The molecule has 1 saturated carbocycles. The van der Waals surface area contributed by atoms with E-state index < -0.39 is 0 Å². The molecule has 2 aromatic rings. The van der Waals surface area contributed by atoms with Crippen molar-refractivity contribution in [2.75, 3.05) is 7.11 Å². The smallest absolute Gasteiger partial charge is 0.223 e. The van der Waals surface area contributed by atoms with Crippen molar-refractivity contribution in [3.63, 3.8) is 0 Å². The molecule has 0 N–H and O–H groups in total. The van der Waals surface area contributed by atoms with E-state index in [1.807, 2.05) is 12.1 Å². The number of nitrogens with zero attached hydrogens (tertiary/aromatic N) is 2. The van der Waals surface area contributed by atoms with Crippen LogP contribution in [0.15, 0.2) is 42.6 Å². The van der Waals surface area contributed by atoms with Crippen LogP contribution in [0.25, 0.3) is 0 Å². The van der Waals surface area contributed by atoms with Crippen LogP contribution in [0.1, 0.15) is 63.1 Å². The number of aromatic nitrogens is 1. The van der Waals surface area contributed by atoms with E-state index in [1.54, 1.807) is 7.11 Å². The van der Waals surface area contributed by atoms with Crippen LogP contribution in [0, 0.1) is 0 Å². The summed E-state index contributed by atoms with van der Waals surface area (Å²) in [6.07, 6.45) is 9.74. The topological polar surface area (TPSA) is 34.5 Å². The standard InChI is InChI=1S/C23H32N2O2/c1-3-9-23(26)25(20-11-5-4-6-12-20)18-21-13-8-15-24(21)17-19-10-7-14-22(16-19)27-2/h7-8,10,13-16,20H,3-6,9,11-12,17-18H2,1-2H3. The Morgan fingerprint density at radius 2 is 2.00 bits per heavy atom. The lowest BCUT2D eigenvalue weighted by Crippen LogP contribution is -2.41. The number of methoxy groups -OCH3 is 1. The Balaban J connectivity index is 1.76. The van der Waals surface area contributed by atoms with Crippen LogP contribution in [0.5, 0.6) is 5.75 Å². The molecule has 0 atom stereocenters. The molecule has 0 radical (unpaired) electrons. The van der Waals surface area contributed by atoms with Crippen molar-refractivity contribution in [1.82, 2.24) is 9.47 Å². The fraction of sp³-hybridized carbons (Fsp3) is 0.522. The lowest BCUT2D eigenvalue weighted by Gasteiger charge is -2.35. The van der Waals surface area contributed by atoms with E-state index in [2.05, 4.69) is 46.9 Å². The zero-order valence-corrected chi connectivity index (χ0v) is 16.7. The lowest BCUT2D eigenvalue weighted by molar-refractivity contribution is -0.135. The Hall–Kier alpha value is -2.23. The molecule has 1 aromatic heterocycles. The molecule has 0 unspecified atom stereocenters. The first-order chi connectivity index (χ1) is 13.2. The van der Waals surface area contributed by atoms with Crippen molar-refractivity contribution in [3.05, 3.63) is 53.9 Å². The highest BCUT2D eigenvalue weighted by Gasteiger charge is 2.25. The summed E-state index contributed by atoms with van der Waals surface area (Å²) in [5.74, 6) is 1.18. The Morgan fingerprint density at radius 3 is 2.74 bits per heavy atom. The molecule has 27 heavy (non-hydrogen) atoms. The highest BCUT2D eigenvalue weighted by molar-refractivity contribution is 5.76. The molecule has 1 fully saturated rings. The van der Waals surface area contributed by atoms with Gasteiger partial charge in [0.25, 0.3) is 0 Å². The van der Waals surface area contributed by atoms with Crippen LogP contribution in [0.2, 0.25) is 0 Å². The van der Waals surface area contributed by atoms with Crippen molar-refractivity contribution in [3.8, 4) is 5.75 Å². The third-order valence-corrected chi connectivity index (χ3v) is 5.54. The molecule has 1 amide bonds. The number of carbonyl (C=O) groups is 1. The lowest BCUT2D eigenvalue weighted by atomic mass is 9.93. The van der Waals surface area contributed by atoms with E-state index in [0.717, 1.165) is 31.6 Å². The maximum absolute atomic E-state index is 12.8. The second kappa shape index (κ2) is 9.63. The van der Waals surface area contributed by atoms with Crippen LogP contribution >= 0.6 is 0 Å². The summed E-state index contributed by atoms with van der Waals surface area (Å²) >= 11 is 0. The third kappa shape index (κ3) is 5.15. The molecule has 1 aliphatic carbocycles. The SMILES string of the molecule is CCCC(=O)N(Cc1cccn1Cc1cccc(OC)c1)C1CCCCC1. The molecule has 0 spiro atoms. The second-order valence-corrected chi connectivity index (χ2v) is 7.54. The number of amides is 1. The van der Waals surface area contributed by atoms with Crippen LogP contribution in [-0.2, 0) is 17.9 Å². The Morgan fingerprint density at radius 1 is 1.19 bits per heavy atom. The van der Waals surface area contributed by atoms with Gasteiger partial charge in [-0.1, -0.05) is 38.3 Å². The summed E-state index contributed by atoms with van der Waals surface area (Å²) in [5.41, 5.74) is 2.41. The zero-order chi connectivity index (χ0) is 19.1. The largest absolute Gasteiger partial charge is 0.497 e. The summed E-state index contributed by atoms with van der Waals surface area (Å²) in [4.78, 5) is 15.0. The van der Waals surface area contributed by atoms with E-state index in [4.69, 9.17) is 4.74 Å². The molecule has 146 valence electrons. The third-order valence-electron chi connectivity index (χ3n) is 5.54. The van der Waals surface area contributed by atoms with Gasteiger partial charge in [0.2, 0.25) is 5.91 Å². The van der Waals surface area contributed by atoms with Gasteiger partial charge >= 0.3 is 0 Å². The Labute approximate surface area is 163 Å². The first-order valence-electron chi connectivity index (χ1n) is 10.3. The molecule has 1 aromatic carbocycles. The fourth-order valence-electron chi connectivity index (χ4n) is 4.06. The Bertz CT molecular complexity index is 731. The van der Waals surface area contributed by atoms with Crippen molar-refractivity contribution in [2.45, 2.75) is 71.0 Å². The minimum Gasteiger partial charge on any atom is -0.497 e. The summed E-state index contributed by atoms with van der Waals surface area (Å²) in [6, 6.07) is 12.8. The average molecular weight is 369 g/mol. The number of rotatable bonds is 8. The van der Waals surface area contributed by atoms with E-state index in [1.165, 1.54) is 30.5 Å². The average Bonchev–Trinajstić information content (AvgIpc) is 3.13. The van der Waals surface area contributed by atoms with Crippen molar-refractivity contribution < 1.29 is 9.53 Å². The maximum atomic E-state index is 12.8. The van der Waals surface area contributed by atoms with Crippen LogP contribution in [0.3, 0.4) is 0 Å². The van der Waals surface area contributed by atoms with Gasteiger partial charge in [-0.3, -0.25) is 4.79 Å². The first kappa shape index (κ1) is 19.5. The highest BCUT2D eigenvalue weighted by Crippen LogP contribution is 2.25. The van der Waals surface area contributed by atoms with Crippen molar-refractivity contribution in [1.29, 1.82) is 0 Å². The number of benzene rings is 1. The van der Waals surface area contributed by atoms with Gasteiger partial charge in [-0.25, -0.2) is 0 Å². The number of hydrogen-bond donors (Lipinski definition) is 0. The molecule has 3 rings (SSSR count). The molecule has 1 aliphatic rings. The summed E-state index contributed by atoms with van der Waals surface area (Å²) in [6.45, 7) is 3.59. The molecule has 0 bridgehead atoms. The van der Waals surface area contributed by atoms with Gasteiger partial charge < -0.3 is 14.2 Å². The van der Waals surface area contributed by atoms with Crippen molar-refractivity contribution >= 4 is 5.91 Å². The minimum absolute atomic E-state index is 0.304. The van der Waals surface area contributed by atoms with Gasteiger partial charge in [0.15, 0.2) is 0 Å². The van der Waals surface area contributed by atoms with E-state index in [-0.39, 0.29) is 0 Å². The summed E-state index contributed by atoms with van der Waals surface area (Å²) < 4.78 is 7.60. The molecule has 0 saturated heterocycles. The molecular weight excluding hydrogens is 336 g/mol. The van der Waals surface area contributed by atoms with E-state index in [0.29, 0.717) is 24.9 Å². The minimum atomic E-state index is 0.304. The van der Waals surface area contributed by atoms with Gasteiger partial charge in [-0.05, 0) is 49.1 Å². The Kier molecular flexibility index (Phi) is 6.97. The summed E-state index contributed by atoms with van der Waals surface area (Å²) in [7, 11) is 1.70. The predicted molar refractivity (Wildman–Crippen MR) is 109 cm³/mol. The molecular formula is C23H32N2O2. The molecule has 4 heteroatoms. The second-order valence-electron chi connectivity index (χ2n) is 7.54. The fourth-order valence-corrected chi connectivity index (χ4v) is 4.06. The van der Waals surface area contributed by atoms with Gasteiger partial charge in [-0.2, -0.15) is 0 Å². The normalized spacial score (nSPS) is 14.9. The van der Waals surface area contributed by atoms with Gasteiger partial charge in [0.05, 0.1) is 13.7 Å². The van der Waals surface area contributed by atoms with Crippen LogP contribution in [-0.4, -0.2) is 28.5 Å². The molecule has 1 heterocycles. The van der Waals surface area contributed by atoms with Gasteiger partial charge in [0.1, 0.15) is 5.75 Å². The summed E-state index contributed by atoms with van der Waals surface area (Å²) in [5, 5.41) is 0. The van der Waals surface area contributed by atoms with Gasteiger partial charge in [0, 0.05) is 30.9 Å².